The van der Waals surface area contributed by atoms with E-state index in [1.807, 2.05) is 37.3 Å². The molecular formula is C28H46N2O6P. The highest BCUT2D eigenvalue weighted by atomic mass is 31.2. The fourth-order valence-corrected chi connectivity index (χ4v) is 6.57. The molecule has 2 N–H and O–H groups in total. The summed E-state index contributed by atoms with van der Waals surface area (Å²) in [6, 6.07) is 9.02. The lowest BCUT2D eigenvalue weighted by Crippen LogP contribution is -2.45. The highest BCUT2D eigenvalue weighted by Gasteiger charge is 2.41. The molecule has 2 rings (SSSR count). The summed E-state index contributed by atoms with van der Waals surface area (Å²) in [4.78, 5) is 27.6. The van der Waals surface area contributed by atoms with Crippen molar-refractivity contribution < 1.29 is 28.3 Å². The van der Waals surface area contributed by atoms with Crippen LogP contribution in [-0.2, 0) is 29.6 Å². The van der Waals surface area contributed by atoms with E-state index in [-0.39, 0.29) is 37.9 Å². The number of hydrogen-bond donors (Lipinski definition) is 2. The SMILES string of the molecule is CCOP(=O)(OCC)C(O)[C@H](CCC(=O)N(CC)CCc1ccccc1)NC(=O)[CH]CC1CCCCC1. The molecule has 8 nitrogen and oxygen atoms in total. The summed E-state index contributed by atoms with van der Waals surface area (Å²) in [5.41, 5.74) is 1.15. The average Bonchev–Trinajstić information content (AvgIpc) is 2.91. The first-order valence-electron chi connectivity index (χ1n) is 13.8. The minimum absolute atomic E-state index is 0.0845. The topological polar surface area (TPSA) is 105 Å². The van der Waals surface area contributed by atoms with Crippen molar-refractivity contribution in [1.29, 1.82) is 0 Å². The molecule has 1 aliphatic carbocycles. The zero-order valence-corrected chi connectivity index (χ0v) is 23.7. The number of rotatable bonds is 17. The number of likely N-dealkylation sites (N-methyl/N-ethyl adjacent to an activating group) is 1. The molecule has 1 aromatic carbocycles. The summed E-state index contributed by atoms with van der Waals surface area (Å²) in [6.45, 7) is 6.56. The Morgan fingerprint density at radius 1 is 1.11 bits per heavy atom. The minimum Gasteiger partial charge on any atom is -0.379 e. The van der Waals surface area contributed by atoms with Crippen LogP contribution in [0.15, 0.2) is 30.3 Å². The summed E-state index contributed by atoms with van der Waals surface area (Å²) in [7, 11) is -3.91. The molecule has 0 aliphatic heterocycles. The smallest absolute Gasteiger partial charge is 0.360 e. The second-order valence-corrected chi connectivity index (χ2v) is 11.7. The van der Waals surface area contributed by atoms with Crippen LogP contribution in [0.25, 0.3) is 0 Å². The number of benzene rings is 1. The molecule has 209 valence electrons. The maximum Gasteiger partial charge on any atom is 0.360 e. The third-order valence-corrected chi connectivity index (χ3v) is 9.15. The number of nitrogens with one attached hydrogen (secondary N) is 1. The first-order valence-corrected chi connectivity index (χ1v) is 15.5. The Hall–Kier alpha value is -1.73. The van der Waals surface area contributed by atoms with Gasteiger partial charge in [0.15, 0.2) is 5.85 Å². The average molecular weight is 538 g/mol. The van der Waals surface area contributed by atoms with Crippen molar-refractivity contribution >= 4 is 19.4 Å². The van der Waals surface area contributed by atoms with Gasteiger partial charge in [-0.2, -0.15) is 0 Å². The Balaban J connectivity index is 2.03. The van der Waals surface area contributed by atoms with Gasteiger partial charge >= 0.3 is 7.60 Å². The lowest BCUT2D eigenvalue weighted by molar-refractivity contribution is -0.131. The third kappa shape index (κ3) is 10.9. The summed E-state index contributed by atoms with van der Waals surface area (Å²) in [5, 5.41) is 13.9. The Kier molecular flexibility index (Phi) is 14.4. The number of hydrogen-bond acceptors (Lipinski definition) is 6. The van der Waals surface area contributed by atoms with Gasteiger partial charge in [-0.25, -0.2) is 0 Å². The summed E-state index contributed by atoms with van der Waals surface area (Å²) in [6.07, 6.45) is 9.09. The van der Waals surface area contributed by atoms with Gasteiger partial charge in [-0.3, -0.25) is 14.2 Å². The van der Waals surface area contributed by atoms with E-state index in [2.05, 4.69) is 5.32 Å². The molecule has 0 heterocycles. The number of aliphatic hydroxyl groups excluding tert-OH is 1. The van der Waals surface area contributed by atoms with Gasteiger partial charge in [-0.1, -0.05) is 62.4 Å². The normalized spacial score (nSPS) is 16.2. The highest BCUT2D eigenvalue weighted by Crippen LogP contribution is 2.53. The van der Waals surface area contributed by atoms with E-state index >= 15 is 0 Å². The van der Waals surface area contributed by atoms with Crippen molar-refractivity contribution in [3.05, 3.63) is 42.3 Å². The van der Waals surface area contributed by atoms with E-state index < -0.39 is 19.5 Å². The lowest BCUT2D eigenvalue weighted by atomic mass is 9.86. The number of carbonyl (C=O) groups is 2. The molecular weight excluding hydrogens is 491 g/mol. The van der Waals surface area contributed by atoms with Gasteiger partial charge in [0.1, 0.15) is 0 Å². The maximum atomic E-state index is 13.3. The standard InChI is InChI=1S/C28H46N2O6P/c1-4-30(22-21-24-15-11-8-12-16-24)27(32)20-18-25(28(33)37(34,35-5-2)36-6-3)29-26(31)19-17-23-13-9-7-10-14-23/h8,11-12,15-16,19,23,25,28,33H,4-7,9-10,13-14,17-18,20-22H2,1-3H3,(H,29,31)/t25-,28?/m0/s1. The maximum absolute atomic E-state index is 13.3. The Morgan fingerprint density at radius 3 is 2.35 bits per heavy atom. The van der Waals surface area contributed by atoms with Crippen LogP contribution in [0.3, 0.4) is 0 Å². The van der Waals surface area contributed by atoms with Gasteiger partial charge in [-0.05, 0) is 51.5 Å². The molecule has 1 radical (unpaired) electrons. The quantitative estimate of drug-likeness (QED) is 0.268. The van der Waals surface area contributed by atoms with Crippen LogP contribution in [0.5, 0.6) is 0 Å². The van der Waals surface area contributed by atoms with Crippen molar-refractivity contribution in [1.82, 2.24) is 10.2 Å². The van der Waals surface area contributed by atoms with Gasteiger partial charge in [0.2, 0.25) is 11.8 Å². The molecule has 2 atom stereocenters. The first-order chi connectivity index (χ1) is 17.8. The van der Waals surface area contributed by atoms with Crippen LogP contribution in [-0.4, -0.2) is 60.0 Å². The first kappa shape index (κ1) is 31.5. The Morgan fingerprint density at radius 2 is 1.76 bits per heavy atom. The lowest BCUT2D eigenvalue weighted by Gasteiger charge is -2.30. The summed E-state index contributed by atoms with van der Waals surface area (Å²) < 4.78 is 24.0. The molecule has 37 heavy (non-hydrogen) atoms. The van der Waals surface area contributed by atoms with Crippen molar-refractivity contribution in [2.75, 3.05) is 26.3 Å². The number of amides is 2. The highest BCUT2D eigenvalue weighted by molar-refractivity contribution is 7.54. The summed E-state index contributed by atoms with van der Waals surface area (Å²) >= 11 is 0. The fraction of sp³-hybridized carbons (Fsp3) is 0.679. The number of aliphatic hydroxyl groups is 1. The van der Waals surface area contributed by atoms with Crippen LogP contribution in [0.4, 0.5) is 0 Å². The van der Waals surface area contributed by atoms with Gasteiger partial charge in [0.25, 0.3) is 0 Å². The minimum atomic E-state index is -3.91. The molecule has 0 saturated heterocycles. The van der Waals surface area contributed by atoms with Gasteiger partial charge in [-0.15, -0.1) is 0 Å². The predicted molar refractivity (Wildman–Crippen MR) is 146 cm³/mol. The second kappa shape index (κ2) is 17.0. The van der Waals surface area contributed by atoms with Crippen LogP contribution >= 0.6 is 7.60 Å². The molecule has 1 aromatic rings. The van der Waals surface area contributed by atoms with Crippen molar-refractivity contribution in [2.24, 2.45) is 5.92 Å². The van der Waals surface area contributed by atoms with E-state index in [9.17, 15) is 19.3 Å². The Bertz CT molecular complexity index is 836. The Labute approximate surface area is 223 Å². The predicted octanol–water partition coefficient (Wildman–Crippen LogP) is 5.10. The van der Waals surface area contributed by atoms with Gasteiger partial charge in [0, 0.05) is 25.9 Å². The fourth-order valence-electron chi connectivity index (χ4n) is 4.81. The molecule has 2 amide bonds. The van der Waals surface area contributed by atoms with Crippen LogP contribution in [0.1, 0.15) is 77.7 Å². The van der Waals surface area contributed by atoms with E-state index in [0.29, 0.717) is 25.4 Å². The van der Waals surface area contributed by atoms with Crippen LogP contribution in [0, 0.1) is 12.3 Å². The molecule has 0 bridgehead atoms. The van der Waals surface area contributed by atoms with Gasteiger partial charge in [0.05, 0.1) is 19.3 Å². The van der Waals surface area contributed by atoms with Crippen LogP contribution < -0.4 is 5.32 Å². The molecule has 1 unspecified atom stereocenters. The summed E-state index contributed by atoms with van der Waals surface area (Å²) in [5.74, 6) is -1.51. The molecule has 0 aromatic heterocycles. The van der Waals surface area contributed by atoms with Crippen molar-refractivity contribution in [3.8, 4) is 0 Å². The molecule has 1 saturated carbocycles. The van der Waals surface area contributed by atoms with Crippen molar-refractivity contribution in [2.45, 2.75) is 90.4 Å². The van der Waals surface area contributed by atoms with E-state index in [0.717, 1.165) is 24.8 Å². The number of nitrogens with zero attached hydrogens (tertiary/aromatic N) is 1. The van der Waals surface area contributed by atoms with E-state index in [1.165, 1.54) is 19.3 Å². The number of carbonyl (C=O) groups excluding carboxylic acids is 2. The molecule has 0 spiro atoms. The zero-order valence-electron chi connectivity index (χ0n) is 22.8. The van der Waals surface area contributed by atoms with Crippen molar-refractivity contribution in [3.63, 3.8) is 0 Å². The monoisotopic (exact) mass is 537 g/mol. The van der Waals surface area contributed by atoms with E-state index in [4.69, 9.17) is 9.05 Å². The van der Waals surface area contributed by atoms with Gasteiger partial charge < -0.3 is 24.4 Å². The molecule has 1 fully saturated rings. The zero-order chi connectivity index (χ0) is 27.1. The van der Waals surface area contributed by atoms with Crippen LogP contribution in [0.2, 0.25) is 0 Å². The largest absolute Gasteiger partial charge is 0.379 e. The third-order valence-electron chi connectivity index (χ3n) is 6.91. The molecule has 9 heteroatoms. The molecule has 1 aliphatic rings. The second-order valence-electron chi connectivity index (χ2n) is 9.60. The van der Waals surface area contributed by atoms with E-state index in [1.54, 1.807) is 25.2 Å².